The van der Waals surface area contributed by atoms with E-state index in [-0.39, 0.29) is 23.6 Å². The van der Waals surface area contributed by atoms with Crippen LogP contribution in [0.15, 0.2) is 9.79 Å². The van der Waals surface area contributed by atoms with E-state index in [1.807, 2.05) is 6.26 Å². The Kier molecular flexibility index (Phi) is 3.74. The van der Waals surface area contributed by atoms with E-state index in [1.165, 1.54) is 0 Å². The number of H-pyrrole nitrogens is 1. The van der Waals surface area contributed by atoms with E-state index in [2.05, 4.69) is 20.3 Å². The van der Waals surface area contributed by atoms with Crippen molar-refractivity contribution in [2.45, 2.75) is 30.2 Å². The van der Waals surface area contributed by atoms with Crippen molar-refractivity contribution in [2.75, 3.05) is 17.7 Å². The van der Waals surface area contributed by atoms with Crippen molar-refractivity contribution >= 4 is 29.6 Å². The maximum Gasteiger partial charge on any atom is 0.278 e. The van der Waals surface area contributed by atoms with Crippen LogP contribution >= 0.6 is 11.8 Å². The minimum atomic E-state index is -0.952. The third-order valence-corrected chi connectivity index (χ3v) is 4.58. The Balaban J connectivity index is 1.91. The highest BCUT2D eigenvalue weighted by Gasteiger charge is 2.46. The lowest BCUT2D eigenvalue weighted by molar-refractivity contribution is 0.0299. The molecule has 21 heavy (non-hydrogen) atoms. The molecule has 5 atom stereocenters. The molecule has 0 radical (unpaired) electrons. The zero-order chi connectivity index (χ0) is 15.1. The summed E-state index contributed by atoms with van der Waals surface area (Å²) in [6.45, 7) is 0. The van der Waals surface area contributed by atoms with Crippen molar-refractivity contribution in [2.24, 2.45) is 4.99 Å². The lowest BCUT2D eigenvalue weighted by atomic mass is 9.94. The number of rotatable bonds is 3. The molecular weight excluding hydrogens is 294 g/mol. The lowest BCUT2D eigenvalue weighted by Gasteiger charge is -2.21. The molecule has 9 heteroatoms. The highest BCUT2D eigenvalue weighted by molar-refractivity contribution is 7.98. The SMILES string of the molecule is CSC[C@@H]1N[C@H](C2C=Nc3c2nc(N)[nH]c3=O)[C@@H](O)[C@H]1O. The van der Waals surface area contributed by atoms with Crippen molar-refractivity contribution in [1.29, 1.82) is 0 Å². The van der Waals surface area contributed by atoms with Crippen LogP contribution in [0.25, 0.3) is 0 Å². The van der Waals surface area contributed by atoms with E-state index in [9.17, 15) is 15.0 Å². The second-order valence-corrected chi connectivity index (χ2v) is 6.14. The van der Waals surface area contributed by atoms with Gasteiger partial charge in [0.25, 0.3) is 5.56 Å². The molecule has 0 spiro atoms. The summed E-state index contributed by atoms with van der Waals surface area (Å²) in [7, 11) is 0. The van der Waals surface area contributed by atoms with Crippen molar-refractivity contribution in [3.8, 4) is 0 Å². The van der Waals surface area contributed by atoms with Crippen LogP contribution in [-0.2, 0) is 0 Å². The van der Waals surface area contributed by atoms with Gasteiger partial charge in [0.15, 0.2) is 5.69 Å². The van der Waals surface area contributed by atoms with Gasteiger partial charge in [0, 0.05) is 24.1 Å². The maximum atomic E-state index is 11.8. The summed E-state index contributed by atoms with van der Waals surface area (Å²) < 4.78 is 0. The first-order valence-electron chi connectivity index (χ1n) is 6.58. The molecule has 1 unspecified atom stereocenters. The van der Waals surface area contributed by atoms with Gasteiger partial charge in [0.05, 0.1) is 23.8 Å². The zero-order valence-electron chi connectivity index (χ0n) is 11.4. The highest BCUT2D eigenvalue weighted by atomic mass is 32.2. The average molecular weight is 311 g/mol. The molecular formula is C12H17N5O3S. The molecule has 1 aromatic heterocycles. The van der Waals surface area contributed by atoms with Crippen molar-refractivity contribution in [3.63, 3.8) is 0 Å². The molecule has 2 aliphatic heterocycles. The third kappa shape index (κ3) is 2.35. The summed E-state index contributed by atoms with van der Waals surface area (Å²) >= 11 is 1.58. The minimum absolute atomic E-state index is 0.0166. The lowest BCUT2D eigenvalue weighted by Crippen LogP contribution is -2.39. The van der Waals surface area contributed by atoms with E-state index in [0.717, 1.165) is 0 Å². The van der Waals surface area contributed by atoms with Crippen molar-refractivity contribution in [3.05, 3.63) is 16.0 Å². The molecule has 3 heterocycles. The Labute approximate surface area is 124 Å². The molecule has 0 aliphatic carbocycles. The number of anilines is 1. The first-order valence-corrected chi connectivity index (χ1v) is 7.97. The highest BCUT2D eigenvalue weighted by Crippen LogP contribution is 2.34. The predicted octanol–water partition coefficient (Wildman–Crippen LogP) is -1.42. The fraction of sp³-hybridized carbons (Fsp3) is 0.583. The van der Waals surface area contributed by atoms with Crippen molar-refractivity contribution in [1.82, 2.24) is 15.3 Å². The van der Waals surface area contributed by atoms with Gasteiger partial charge in [0.1, 0.15) is 0 Å². The first-order chi connectivity index (χ1) is 10.0. The number of nitrogens with zero attached hydrogens (tertiary/aromatic N) is 2. The molecule has 2 aliphatic rings. The van der Waals surface area contributed by atoms with Gasteiger partial charge in [-0.15, -0.1) is 0 Å². The van der Waals surface area contributed by atoms with Gasteiger partial charge < -0.3 is 21.3 Å². The van der Waals surface area contributed by atoms with E-state index in [1.54, 1.807) is 18.0 Å². The van der Waals surface area contributed by atoms with Gasteiger partial charge in [-0.1, -0.05) is 0 Å². The summed E-state index contributed by atoms with van der Waals surface area (Å²) in [6.07, 6.45) is 1.69. The molecule has 0 amide bonds. The van der Waals surface area contributed by atoms with Gasteiger partial charge >= 0.3 is 0 Å². The maximum absolute atomic E-state index is 11.8. The van der Waals surface area contributed by atoms with Gasteiger partial charge in [-0.25, -0.2) is 4.98 Å². The smallest absolute Gasteiger partial charge is 0.278 e. The number of fused-ring (bicyclic) bond motifs is 1. The molecule has 3 rings (SSSR count). The Morgan fingerprint density at radius 3 is 2.90 bits per heavy atom. The number of aliphatic hydroxyl groups is 2. The molecule has 114 valence electrons. The van der Waals surface area contributed by atoms with Crippen LogP contribution in [0.3, 0.4) is 0 Å². The Bertz CT molecular complexity index is 634. The monoisotopic (exact) mass is 311 g/mol. The zero-order valence-corrected chi connectivity index (χ0v) is 12.2. The number of nitrogens with two attached hydrogens (primary N) is 1. The van der Waals surface area contributed by atoms with Crippen molar-refractivity contribution < 1.29 is 10.2 Å². The van der Waals surface area contributed by atoms with Crippen LogP contribution in [-0.4, -0.2) is 62.7 Å². The minimum Gasteiger partial charge on any atom is -0.389 e. The fourth-order valence-electron chi connectivity index (χ4n) is 2.89. The number of aromatic amines is 1. The van der Waals surface area contributed by atoms with Gasteiger partial charge in [-0.05, 0) is 6.26 Å². The summed E-state index contributed by atoms with van der Waals surface area (Å²) in [5.41, 5.74) is 5.82. The molecule has 6 N–H and O–H groups in total. The number of nitrogens with one attached hydrogen (secondary N) is 2. The summed E-state index contributed by atoms with van der Waals surface area (Å²) in [6, 6.07) is -0.660. The average Bonchev–Trinajstić information content (AvgIpc) is 2.96. The molecule has 1 saturated heterocycles. The van der Waals surface area contributed by atoms with Gasteiger partial charge in [-0.3, -0.25) is 14.8 Å². The largest absolute Gasteiger partial charge is 0.389 e. The number of hydrogen-bond acceptors (Lipinski definition) is 8. The van der Waals surface area contributed by atoms with Crippen LogP contribution < -0.4 is 16.6 Å². The van der Waals surface area contributed by atoms with Crippen LogP contribution in [0, 0.1) is 0 Å². The number of aromatic nitrogens is 2. The molecule has 0 aromatic carbocycles. The molecule has 1 aromatic rings. The van der Waals surface area contributed by atoms with Crippen LogP contribution in [0.4, 0.5) is 11.6 Å². The summed E-state index contributed by atoms with van der Waals surface area (Å²) in [4.78, 5) is 22.4. The Hall–Kier alpha value is -1.42. The predicted molar refractivity (Wildman–Crippen MR) is 81.3 cm³/mol. The number of hydrogen-bond donors (Lipinski definition) is 5. The molecule has 1 fully saturated rings. The van der Waals surface area contributed by atoms with E-state index < -0.39 is 23.8 Å². The molecule has 0 bridgehead atoms. The van der Waals surface area contributed by atoms with E-state index in [4.69, 9.17) is 5.73 Å². The summed E-state index contributed by atoms with van der Waals surface area (Å²) in [5, 5.41) is 23.6. The number of aliphatic imine (C=N–C) groups is 1. The fourth-order valence-corrected chi connectivity index (χ4v) is 3.54. The molecule has 8 nitrogen and oxygen atoms in total. The summed E-state index contributed by atoms with van der Waals surface area (Å²) in [5.74, 6) is 0.306. The second kappa shape index (κ2) is 5.41. The van der Waals surface area contributed by atoms with Crippen LogP contribution in [0.1, 0.15) is 11.6 Å². The number of thioether (sulfide) groups is 1. The third-order valence-electron chi connectivity index (χ3n) is 3.89. The molecule has 0 saturated carbocycles. The Morgan fingerprint density at radius 1 is 1.43 bits per heavy atom. The van der Waals surface area contributed by atoms with E-state index >= 15 is 0 Å². The van der Waals surface area contributed by atoms with Gasteiger partial charge in [-0.2, -0.15) is 11.8 Å². The second-order valence-electron chi connectivity index (χ2n) is 5.22. The Morgan fingerprint density at radius 2 is 2.19 bits per heavy atom. The normalized spacial score (nSPS) is 34.3. The first kappa shape index (κ1) is 14.5. The van der Waals surface area contributed by atoms with Gasteiger partial charge in [0.2, 0.25) is 5.95 Å². The number of aliphatic hydroxyl groups excluding tert-OH is 2. The van der Waals surface area contributed by atoms with Crippen LogP contribution in [0.5, 0.6) is 0 Å². The van der Waals surface area contributed by atoms with E-state index in [0.29, 0.717) is 11.4 Å². The van der Waals surface area contributed by atoms with Crippen LogP contribution in [0.2, 0.25) is 0 Å². The quantitative estimate of drug-likeness (QED) is 0.462. The standard InChI is InChI=1S/C12H17N5O3S/c1-21-3-5-9(18)10(19)7(15-5)4-2-14-8-6(4)16-12(13)17-11(8)20/h2,4-5,7,9-10,15,18-19H,3H2,1H3,(H3,13,16,17,20)/t4?,5-,7+,9-,10+/m0/s1. The topological polar surface area (TPSA) is 137 Å². The number of nitrogen functional groups attached to an aromatic ring is 1.